The highest BCUT2D eigenvalue weighted by Gasteiger charge is 2.24. The third-order valence-corrected chi connectivity index (χ3v) is 3.93. The maximum Gasteiger partial charge on any atom is 0.223 e. The van der Waals surface area contributed by atoms with Crippen molar-refractivity contribution in [1.29, 1.82) is 0 Å². The highest BCUT2D eigenvalue weighted by molar-refractivity contribution is 5.79. The molecule has 21 heavy (non-hydrogen) atoms. The first-order chi connectivity index (χ1) is 10.3. The lowest BCUT2D eigenvalue weighted by molar-refractivity contribution is -0.127. The van der Waals surface area contributed by atoms with E-state index in [4.69, 9.17) is 0 Å². The standard InChI is InChI=1S/C17H19N3O/c21-17(15-7-4-8-15)18-10-9-13-11-19-16(20-12-13)14-5-2-1-3-6-14/h1-3,5-6,11-12,15H,4,7-10H2,(H,18,21). The summed E-state index contributed by atoms with van der Waals surface area (Å²) in [5, 5.41) is 2.98. The normalized spacial score (nSPS) is 14.5. The molecule has 108 valence electrons. The number of rotatable bonds is 5. The van der Waals surface area contributed by atoms with Gasteiger partial charge >= 0.3 is 0 Å². The topological polar surface area (TPSA) is 54.9 Å². The average Bonchev–Trinajstić information content (AvgIpc) is 2.47. The molecule has 1 fully saturated rings. The summed E-state index contributed by atoms with van der Waals surface area (Å²) >= 11 is 0. The van der Waals surface area contributed by atoms with E-state index in [1.165, 1.54) is 6.42 Å². The van der Waals surface area contributed by atoms with Gasteiger partial charge in [0.25, 0.3) is 0 Å². The second-order valence-electron chi connectivity index (χ2n) is 5.45. The number of nitrogens with one attached hydrogen (secondary N) is 1. The minimum atomic E-state index is 0.197. The van der Waals surface area contributed by atoms with Gasteiger partial charge in [0.2, 0.25) is 5.91 Å². The van der Waals surface area contributed by atoms with Crippen molar-refractivity contribution in [1.82, 2.24) is 15.3 Å². The van der Waals surface area contributed by atoms with Crippen molar-refractivity contribution in [2.24, 2.45) is 5.92 Å². The molecule has 0 atom stereocenters. The van der Waals surface area contributed by atoms with Gasteiger partial charge < -0.3 is 5.32 Å². The molecule has 3 rings (SSSR count). The average molecular weight is 281 g/mol. The van der Waals surface area contributed by atoms with E-state index < -0.39 is 0 Å². The number of nitrogens with zero attached hydrogens (tertiary/aromatic N) is 2. The van der Waals surface area contributed by atoms with Crippen molar-refractivity contribution < 1.29 is 4.79 Å². The summed E-state index contributed by atoms with van der Waals surface area (Å²) in [5.41, 5.74) is 2.06. The Hall–Kier alpha value is -2.23. The summed E-state index contributed by atoms with van der Waals surface area (Å²) in [5.74, 6) is 1.18. The molecule has 0 aliphatic heterocycles. The Morgan fingerprint density at radius 3 is 2.48 bits per heavy atom. The lowest BCUT2D eigenvalue weighted by Gasteiger charge is -2.23. The van der Waals surface area contributed by atoms with Gasteiger partial charge in [0.05, 0.1) is 0 Å². The molecule has 1 aliphatic carbocycles. The number of aromatic nitrogens is 2. The van der Waals surface area contributed by atoms with E-state index in [1.54, 1.807) is 0 Å². The van der Waals surface area contributed by atoms with Gasteiger partial charge in [-0.15, -0.1) is 0 Å². The first-order valence-electron chi connectivity index (χ1n) is 7.47. The van der Waals surface area contributed by atoms with Gasteiger partial charge in [-0.25, -0.2) is 9.97 Å². The van der Waals surface area contributed by atoms with Gasteiger partial charge in [-0.05, 0) is 24.8 Å². The fourth-order valence-electron chi connectivity index (χ4n) is 2.36. The molecule has 0 spiro atoms. The molecule has 2 aromatic rings. The predicted molar refractivity (Wildman–Crippen MR) is 81.5 cm³/mol. The van der Waals surface area contributed by atoms with E-state index >= 15 is 0 Å². The molecular formula is C17H19N3O. The summed E-state index contributed by atoms with van der Waals surface area (Å²) in [6.07, 6.45) is 7.72. The SMILES string of the molecule is O=C(NCCc1cnc(-c2ccccc2)nc1)C1CCC1. The molecule has 1 aromatic carbocycles. The van der Waals surface area contributed by atoms with Gasteiger partial charge in [-0.2, -0.15) is 0 Å². The van der Waals surface area contributed by atoms with Gasteiger partial charge in [-0.1, -0.05) is 36.8 Å². The monoisotopic (exact) mass is 281 g/mol. The summed E-state index contributed by atoms with van der Waals surface area (Å²) in [6.45, 7) is 0.656. The third-order valence-electron chi connectivity index (χ3n) is 3.93. The second kappa shape index (κ2) is 6.48. The van der Waals surface area contributed by atoms with Crippen molar-refractivity contribution in [3.8, 4) is 11.4 Å². The number of hydrogen-bond donors (Lipinski definition) is 1. The van der Waals surface area contributed by atoms with E-state index in [0.717, 1.165) is 36.2 Å². The summed E-state index contributed by atoms with van der Waals surface area (Å²) < 4.78 is 0. The molecule has 1 aliphatic rings. The number of benzene rings is 1. The molecule has 4 heteroatoms. The lowest BCUT2D eigenvalue weighted by atomic mass is 9.85. The van der Waals surface area contributed by atoms with Crippen LogP contribution in [0.2, 0.25) is 0 Å². The van der Waals surface area contributed by atoms with Crippen LogP contribution < -0.4 is 5.32 Å². The molecule has 4 nitrogen and oxygen atoms in total. The molecule has 1 aromatic heterocycles. The summed E-state index contributed by atoms with van der Waals surface area (Å²) in [7, 11) is 0. The summed E-state index contributed by atoms with van der Waals surface area (Å²) in [6, 6.07) is 9.91. The van der Waals surface area contributed by atoms with Crippen LogP contribution in [-0.2, 0) is 11.2 Å². The van der Waals surface area contributed by atoms with Gasteiger partial charge in [0.1, 0.15) is 0 Å². The Morgan fingerprint density at radius 1 is 1.14 bits per heavy atom. The first-order valence-corrected chi connectivity index (χ1v) is 7.47. The molecule has 1 amide bonds. The fraction of sp³-hybridized carbons (Fsp3) is 0.353. The minimum absolute atomic E-state index is 0.197. The third kappa shape index (κ3) is 3.45. The van der Waals surface area contributed by atoms with Crippen LogP contribution in [-0.4, -0.2) is 22.4 Å². The minimum Gasteiger partial charge on any atom is -0.356 e. The highest BCUT2D eigenvalue weighted by atomic mass is 16.1. The molecule has 0 unspecified atom stereocenters. The van der Waals surface area contributed by atoms with Crippen LogP contribution in [0.3, 0.4) is 0 Å². The molecule has 1 saturated carbocycles. The van der Waals surface area contributed by atoms with E-state index in [1.807, 2.05) is 42.7 Å². The molecule has 0 saturated heterocycles. The van der Waals surface area contributed by atoms with Crippen LogP contribution in [0, 0.1) is 5.92 Å². The first kappa shape index (κ1) is 13.7. The number of carbonyl (C=O) groups is 1. The van der Waals surface area contributed by atoms with Crippen molar-refractivity contribution >= 4 is 5.91 Å². The largest absolute Gasteiger partial charge is 0.356 e. The van der Waals surface area contributed by atoms with Crippen molar-refractivity contribution in [3.63, 3.8) is 0 Å². The highest BCUT2D eigenvalue weighted by Crippen LogP contribution is 2.26. The van der Waals surface area contributed by atoms with Crippen molar-refractivity contribution in [2.45, 2.75) is 25.7 Å². The Morgan fingerprint density at radius 2 is 1.86 bits per heavy atom. The summed E-state index contributed by atoms with van der Waals surface area (Å²) in [4.78, 5) is 20.5. The van der Waals surface area contributed by atoms with Gasteiger partial charge in [0.15, 0.2) is 5.82 Å². The Bertz CT molecular complexity index is 591. The Balaban J connectivity index is 1.51. The van der Waals surface area contributed by atoms with E-state index in [0.29, 0.717) is 6.54 Å². The molecule has 1 heterocycles. The van der Waals surface area contributed by atoms with Crippen molar-refractivity contribution in [3.05, 3.63) is 48.3 Å². The van der Waals surface area contributed by atoms with Crippen LogP contribution in [0.1, 0.15) is 24.8 Å². The van der Waals surface area contributed by atoms with Crippen molar-refractivity contribution in [2.75, 3.05) is 6.54 Å². The fourth-order valence-corrected chi connectivity index (χ4v) is 2.36. The smallest absolute Gasteiger partial charge is 0.223 e. The van der Waals surface area contributed by atoms with Gasteiger partial charge in [-0.3, -0.25) is 4.79 Å². The quantitative estimate of drug-likeness (QED) is 0.916. The lowest BCUT2D eigenvalue weighted by Crippen LogP contribution is -2.35. The number of carbonyl (C=O) groups excluding carboxylic acids is 1. The van der Waals surface area contributed by atoms with Gasteiger partial charge in [0, 0.05) is 30.4 Å². The maximum atomic E-state index is 11.7. The maximum absolute atomic E-state index is 11.7. The van der Waals surface area contributed by atoms with Crippen LogP contribution in [0.25, 0.3) is 11.4 Å². The molecule has 0 radical (unpaired) electrons. The van der Waals surface area contributed by atoms with Crippen LogP contribution in [0.15, 0.2) is 42.7 Å². The zero-order valence-corrected chi connectivity index (χ0v) is 12.0. The number of hydrogen-bond acceptors (Lipinski definition) is 3. The zero-order valence-electron chi connectivity index (χ0n) is 12.0. The van der Waals surface area contributed by atoms with E-state index in [-0.39, 0.29) is 11.8 Å². The van der Waals surface area contributed by atoms with E-state index in [9.17, 15) is 4.79 Å². The van der Waals surface area contributed by atoms with Crippen LogP contribution >= 0.6 is 0 Å². The Labute approximate surface area is 124 Å². The molecule has 1 N–H and O–H groups in total. The Kier molecular flexibility index (Phi) is 4.24. The van der Waals surface area contributed by atoms with E-state index in [2.05, 4.69) is 15.3 Å². The molecule has 0 bridgehead atoms. The predicted octanol–water partition coefficient (Wildman–Crippen LogP) is 2.60. The van der Waals surface area contributed by atoms with Crippen LogP contribution in [0.5, 0.6) is 0 Å². The zero-order chi connectivity index (χ0) is 14.5. The number of amides is 1. The van der Waals surface area contributed by atoms with Crippen LogP contribution in [0.4, 0.5) is 0 Å². The second-order valence-corrected chi connectivity index (χ2v) is 5.45. The molecular weight excluding hydrogens is 262 g/mol.